The summed E-state index contributed by atoms with van der Waals surface area (Å²) in [6.45, 7) is 0.870. The van der Waals surface area contributed by atoms with Gasteiger partial charge in [0.05, 0.1) is 23.7 Å². The summed E-state index contributed by atoms with van der Waals surface area (Å²) >= 11 is 0. The molecule has 0 unspecified atom stereocenters. The number of carbonyl (C=O) groups is 1. The van der Waals surface area contributed by atoms with Crippen LogP contribution in [0.1, 0.15) is 30.7 Å². The minimum Gasteiger partial charge on any atom is -0.364 e. The van der Waals surface area contributed by atoms with Gasteiger partial charge in [-0.1, -0.05) is 11.2 Å². The Morgan fingerprint density at radius 2 is 2.03 bits per heavy atom. The number of alkyl halides is 1. The third kappa shape index (κ3) is 4.72. The summed E-state index contributed by atoms with van der Waals surface area (Å²) in [5, 5.41) is 13.8. The normalized spacial score (nSPS) is 20.7. The molecule has 1 amide bonds. The number of hydrogen-bond acceptors (Lipinski definition) is 7. The molecule has 0 spiro atoms. The van der Waals surface area contributed by atoms with Crippen molar-refractivity contribution in [2.24, 2.45) is 5.92 Å². The van der Waals surface area contributed by atoms with Gasteiger partial charge in [0, 0.05) is 19.0 Å². The minimum absolute atomic E-state index is 0.0198. The van der Waals surface area contributed by atoms with E-state index < -0.39 is 29.7 Å². The summed E-state index contributed by atoms with van der Waals surface area (Å²) in [4.78, 5) is 17.8. The number of nitrogens with one attached hydrogen (secondary N) is 2. The SMILES string of the molecule is CN1CC[C@@H](Nc2cccc3c(C(F)=C(F)F)c(-c4noc(CNC(=O)C5CC5)n4)nn23)[C@@H](F)C1. The molecule has 9 nitrogen and oxygen atoms in total. The van der Waals surface area contributed by atoms with Crippen LogP contribution >= 0.6 is 0 Å². The highest BCUT2D eigenvalue weighted by atomic mass is 19.3. The number of halogens is 4. The van der Waals surface area contributed by atoms with Gasteiger partial charge in [-0.2, -0.15) is 18.9 Å². The highest BCUT2D eigenvalue weighted by molar-refractivity contribution is 5.85. The molecule has 1 saturated carbocycles. The summed E-state index contributed by atoms with van der Waals surface area (Å²) in [6, 6.07) is 4.02. The van der Waals surface area contributed by atoms with E-state index in [0.29, 0.717) is 18.8 Å². The first kappa shape index (κ1) is 23.3. The number of piperidine rings is 1. The van der Waals surface area contributed by atoms with E-state index in [0.717, 1.165) is 12.8 Å². The topological polar surface area (TPSA) is 101 Å². The molecule has 1 aliphatic heterocycles. The summed E-state index contributed by atoms with van der Waals surface area (Å²) in [5.74, 6) is -1.82. The molecule has 0 radical (unpaired) electrons. The maximum absolute atomic E-state index is 14.7. The first-order chi connectivity index (χ1) is 16.8. The number of carbonyl (C=O) groups excluding carboxylic acids is 1. The lowest BCUT2D eigenvalue weighted by molar-refractivity contribution is -0.122. The van der Waals surface area contributed by atoms with Crippen molar-refractivity contribution in [1.82, 2.24) is 30.0 Å². The molecule has 2 N–H and O–H groups in total. The van der Waals surface area contributed by atoms with Gasteiger partial charge in [0.25, 0.3) is 0 Å². The van der Waals surface area contributed by atoms with Crippen molar-refractivity contribution in [2.45, 2.75) is 38.0 Å². The molecule has 2 aliphatic rings. The zero-order valence-electron chi connectivity index (χ0n) is 18.8. The molecule has 4 heterocycles. The fourth-order valence-corrected chi connectivity index (χ4v) is 4.13. The zero-order chi connectivity index (χ0) is 24.7. The third-order valence-electron chi connectivity index (χ3n) is 6.16. The third-order valence-corrected chi connectivity index (χ3v) is 6.16. The van der Waals surface area contributed by atoms with Crippen molar-refractivity contribution >= 4 is 23.1 Å². The molecule has 2 fully saturated rings. The van der Waals surface area contributed by atoms with E-state index in [2.05, 4.69) is 25.9 Å². The van der Waals surface area contributed by atoms with Crippen LogP contribution in [-0.4, -0.2) is 62.9 Å². The largest absolute Gasteiger partial charge is 0.364 e. The van der Waals surface area contributed by atoms with Crippen LogP contribution in [-0.2, 0) is 11.3 Å². The number of aromatic nitrogens is 4. The van der Waals surface area contributed by atoms with Crippen molar-refractivity contribution in [2.75, 3.05) is 25.5 Å². The molecular weight excluding hydrogens is 470 g/mol. The van der Waals surface area contributed by atoms with Crippen LogP contribution in [0, 0.1) is 5.92 Å². The van der Waals surface area contributed by atoms with Crippen molar-refractivity contribution in [1.29, 1.82) is 0 Å². The van der Waals surface area contributed by atoms with Gasteiger partial charge in [-0.25, -0.2) is 13.3 Å². The van der Waals surface area contributed by atoms with Gasteiger partial charge in [0.15, 0.2) is 5.83 Å². The zero-order valence-corrected chi connectivity index (χ0v) is 18.8. The Kier molecular flexibility index (Phi) is 6.17. The van der Waals surface area contributed by atoms with Crippen LogP contribution in [0.5, 0.6) is 0 Å². The Morgan fingerprint density at radius 3 is 2.74 bits per heavy atom. The molecule has 13 heteroatoms. The highest BCUT2D eigenvalue weighted by Crippen LogP contribution is 2.35. The second-order valence-corrected chi connectivity index (χ2v) is 8.83. The van der Waals surface area contributed by atoms with Crippen LogP contribution in [0.25, 0.3) is 22.9 Å². The monoisotopic (exact) mass is 493 g/mol. The standard InChI is InChI=1S/C22H23F4N7O2/c1-32-8-7-13(12(23)10-32)28-15-4-2-3-14-17(18(24)20(25)26)19(30-33(14)15)21-29-16(35-31-21)9-27-22(34)11-5-6-11/h2-4,11-13,28H,5-10H2,1H3,(H,27,34)/t12-,13+/m0/s1. The van der Waals surface area contributed by atoms with Crippen LogP contribution in [0.3, 0.4) is 0 Å². The number of rotatable bonds is 7. The van der Waals surface area contributed by atoms with E-state index in [9.17, 15) is 22.4 Å². The Hall–Kier alpha value is -3.48. The quantitative estimate of drug-likeness (QED) is 0.487. The lowest BCUT2D eigenvalue weighted by atomic mass is 10.0. The smallest absolute Gasteiger partial charge is 0.306 e. The number of likely N-dealkylation sites (tertiary alicyclic amines) is 1. The molecule has 0 bridgehead atoms. The van der Waals surface area contributed by atoms with E-state index >= 15 is 0 Å². The van der Waals surface area contributed by atoms with Crippen molar-refractivity contribution in [3.8, 4) is 11.5 Å². The second-order valence-electron chi connectivity index (χ2n) is 8.83. The summed E-state index contributed by atoms with van der Waals surface area (Å²) in [7, 11) is 1.83. The number of pyridine rings is 1. The molecule has 3 aromatic rings. The number of fused-ring (bicyclic) bond motifs is 1. The van der Waals surface area contributed by atoms with Gasteiger partial charge >= 0.3 is 6.08 Å². The van der Waals surface area contributed by atoms with E-state index in [-0.39, 0.29) is 47.8 Å². The van der Waals surface area contributed by atoms with E-state index in [1.807, 2.05) is 11.9 Å². The first-order valence-corrected chi connectivity index (χ1v) is 11.2. The molecule has 35 heavy (non-hydrogen) atoms. The Balaban J connectivity index is 1.50. The van der Waals surface area contributed by atoms with Gasteiger partial charge in [-0.15, -0.1) is 0 Å². The van der Waals surface area contributed by atoms with E-state index in [1.165, 1.54) is 16.6 Å². The van der Waals surface area contributed by atoms with Crippen LogP contribution in [0.4, 0.5) is 23.4 Å². The van der Waals surface area contributed by atoms with Gasteiger partial charge < -0.3 is 20.1 Å². The van der Waals surface area contributed by atoms with Gasteiger partial charge in [0.1, 0.15) is 17.7 Å². The summed E-state index contributed by atoms with van der Waals surface area (Å²) in [6.07, 6.45) is -1.53. The Bertz CT molecular complexity index is 1280. The Morgan fingerprint density at radius 1 is 1.23 bits per heavy atom. The van der Waals surface area contributed by atoms with Gasteiger partial charge in [-0.3, -0.25) is 4.79 Å². The first-order valence-electron chi connectivity index (χ1n) is 11.2. The van der Waals surface area contributed by atoms with Gasteiger partial charge in [0.2, 0.25) is 17.6 Å². The number of hydrogen-bond donors (Lipinski definition) is 2. The van der Waals surface area contributed by atoms with E-state index in [1.54, 1.807) is 6.07 Å². The van der Waals surface area contributed by atoms with Crippen LogP contribution in [0.2, 0.25) is 0 Å². The lowest BCUT2D eigenvalue weighted by Crippen LogP contribution is -2.46. The fraction of sp³-hybridized carbons (Fsp3) is 0.455. The fourth-order valence-electron chi connectivity index (χ4n) is 4.13. The highest BCUT2D eigenvalue weighted by Gasteiger charge is 2.31. The molecule has 1 saturated heterocycles. The second kappa shape index (κ2) is 9.29. The maximum atomic E-state index is 14.7. The van der Waals surface area contributed by atoms with E-state index in [4.69, 9.17) is 4.52 Å². The van der Waals surface area contributed by atoms with Crippen LogP contribution in [0.15, 0.2) is 28.8 Å². The summed E-state index contributed by atoms with van der Waals surface area (Å²) < 4.78 is 62.3. The van der Waals surface area contributed by atoms with Crippen molar-refractivity contribution < 1.29 is 26.9 Å². The predicted molar refractivity (Wildman–Crippen MR) is 118 cm³/mol. The van der Waals surface area contributed by atoms with Crippen molar-refractivity contribution in [3.05, 3.63) is 35.7 Å². The molecule has 1 aliphatic carbocycles. The van der Waals surface area contributed by atoms with Crippen LogP contribution < -0.4 is 10.6 Å². The minimum atomic E-state index is -2.53. The van der Waals surface area contributed by atoms with Crippen molar-refractivity contribution in [3.63, 3.8) is 0 Å². The lowest BCUT2D eigenvalue weighted by Gasteiger charge is -2.33. The Labute approximate surface area is 197 Å². The maximum Gasteiger partial charge on any atom is 0.306 e. The molecule has 5 rings (SSSR count). The number of anilines is 1. The summed E-state index contributed by atoms with van der Waals surface area (Å²) in [5.41, 5.74) is -0.761. The number of nitrogens with zero attached hydrogens (tertiary/aromatic N) is 5. The molecule has 0 aromatic carbocycles. The molecule has 3 aromatic heterocycles. The molecule has 186 valence electrons. The molecular formula is C22H23F4N7O2. The number of amides is 1. The molecule has 2 atom stereocenters. The average molecular weight is 493 g/mol. The van der Waals surface area contributed by atoms with Gasteiger partial charge in [-0.05, 0) is 38.4 Å². The predicted octanol–water partition coefficient (Wildman–Crippen LogP) is 3.40. The average Bonchev–Trinajstić information content (AvgIpc) is 3.45.